The van der Waals surface area contributed by atoms with E-state index in [9.17, 15) is 0 Å². The summed E-state index contributed by atoms with van der Waals surface area (Å²) in [5.74, 6) is 0. The smallest absolute Gasteiger partial charge is 0.0478 e. The van der Waals surface area contributed by atoms with Crippen LogP contribution in [-0.4, -0.2) is 18.0 Å². The minimum atomic E-state index is 0.270. The summed E-state index contributed by atoms with van der Waals surface area (Å²) in [4.78, 5) is 2.37. The highest BCUT2D eigenvalue weighted by molar-refractivity contribution is 6.35. The standard InChI is InChI=1S/C12H16Cl2N2/c1-2-3-16-7-10-9(12(16)6-15)4-8(13)5-11(10)14/h4-5,12H,2-3,6-7,15H2,1H3. The molecule has 0 radical (unpaired) electrons. The zero-order valence-electron chi connectivity index (χ0n) is 9.34. The van der Waals surface area contributed by atoms with Gasteiger partial charge in [0.1, 0.15) is 0 Å². The summed E-state index contributed by atoms with van der Waals surface area (Å²) in [6.45, 7) is 4.72. The fourth-order valence-corrected chi connectivity index (χ4v) is 2.96. The lowest BCUT2D eigenvalue weighted by atomic mass is 10.1. The van der Waals surface area contributed by atoms with Gasteiger partial charge in [0.15, 0.2) is 0 Å². The molecule has 0 spiro atoms. The molecule has 1 aliphatic rings. The average molecular weight is 259 g/mol. The van der Waals surface area contributed by atoms with Gasteiger partial charge in [0.25, 0.3) is 0 Å². The van der Waals surface area contributed by atoms with Crippen LogP contribution in [0, 0.1) is 0 Å². The Morgan fingerprint density at radius 3 is 2.81 bits per heavy atom. The molecule has 16 heavy (non-hydrogen) atoms. The molecular weight excluding hydrogens is 243 g/mol. The van der Waals surface area contributed by atoms with Crippen molar-refractivity contribution in [3.63, 3.8) is 0 Å². The second-order valence-electron chi connectivity index (χ2n) is 4.18. The van der Waals surface area contributed by atoms with E-state index in [0.717, 1.165) is 24.5 Å². The van der Waals surface area contributed by atoms with Gasteiger partial charge in [-0.2, -0.15) is 0 Å². The third kappa shape index (κ3) is 2.07. The fourth-order valence-electron chi connectivity index (χ4n) is 2.40. The Balaban J connectivity index is 2.38. The van der Waals surface area contributed by atoms with E-state index in [1.165, 1.54) is 11.1 Å². The van der Waals surface area contributed by atoms with Crippen molar-refractivity contribution in [3.8, 4) is 0 Å². The Labute approximate surface area is 106 Å². The summed E-state index contributed by atoms with van der Waals surface area (Å²) in [7, 11) is 0. The third-order valence-electron chi connectivity index (χ3n) is 3.09. The van der Waals surface area contributed by atoms with E-state index in [2.05, 4.69) is 11.8 Å². The molecule has 0 bridgehead atoms. The lowest BCUT2D eigenvalue weighted by Crippen LogP contribution is -2.28. The summed E-state index contributed by atoms with van der Waals surface area (Å²) in [6.07, 6.45) is 1.12. The first-order valence-corrected chi connectivity index (χ1v) is 6.35. The van der Waals surface area contributed by atoms with Gasteiger partial charge in [0, 0.05) is 29.2 Å². The van der Waals surface area contributed by atoms with Crippen molar-refractivity contribution in [2.24, 2.45) is 5.73 Å². The number of hydrogen-bond acceptors (Lipinski definition) is 2. The molecule has 88 valence electrons. The molecule has 0 amide bonds. The van der Waals surface area contributed by atoms with Gasteiger partial charge in [0.2, 0.25) is 0 Å². The first-order valence-electron chi connectivity index (χ1n) is 5.59. The minimum absolute atomic E-state index is 0.270. The summed E-state index contributed by atoms with van der Waals surface area (Å²) < 4.78 is 0. The van der Waals surface area contributed by atoms with E-state index in [1.54, 1.807) is 0 Å². The second kappa shape index (κ2) is 4.92. The monoisotopic (exact) mass is 258 g/mol. The Morgan fingerprint density at radius 2 is 2.19 bits per heavy atom. The van der Waals surface area contributed by atoms with Crippen molar-refractivity contribution in [2.75, 3.05) is 13.1 Å². The van der Waals surface area contributed by atoms with Crippen molar-refractivity contribution in [2.45, 2.75) is 25.9 Å². The van der Waals surface area contributed by atoms with Crippen molar-refractivity contribution < 1.29 is 0 Å². The van der Waals surface area contributed by atoms with Gasteiger partial charge in [-0.25, -0.2) is 0 Å². The molecular formula is C12H16Cl2N2. The van der Waals surface area contributed by atoms with E-state index >= 15 is 0 Å². The molecule has 0 saturated heterocycles. The van der Waals surface area contributed by atoms with Gasteiger partial charge in [0.05, 0.1) is 0 Å². The third-order valence-corrected chi connectivity index (χ3v) is 3.65. The maximum absolute atomic E-state index is 6.21. The lowest BCUT2D eigenvalue weighted by molar-refractivity contribution is 0.220. The van der Waals surface area contributed by atoms with Crippen LogP contribution in [0.25, 0.3) is 0 Å². The molecule has 1 unspecified atom stereocenters. The molecule has 4 heteroatoms. The van der Waals surface area contributed by atoms with Crippen molar-refractivity contribution in [1.82, 2.24) is 4.90 Å². The van der Waals surface area contributed by atoms with Gasteiger partial charge in [-0.05, 0) is 36.2 Å². The molecule has 2 nitrogen and oxygen atoms in total. The molecule has 1 aliphatic heterocycles. The summed E-state index contributed by atoms with van der Waals surface area (Å²) >= 11 is 12.2. The van der Waals surface area contributed by atoms with Gasteiger partial charge in [-0.1, -0.05) is 30.1 Å². The van der Waals surface area contributed by atoms with Gasteiger partial charge in [-0.3, -0.25) is 4.90 Å². The highest BCUT2D eigenvalue weighted by atomic mass is 35.5. The molecule has 0 aliphatic carbocycles. The molecule has 0 fully saturated rings. The number of benzene rings is 1. The Bertz CT molecular complexity index is 393. The van der Waals surface area contributed by atoms with Crippen LogP contribution in [0.1, 0.15) is 30.5 Å². The zero-order valence-corrected chi connectivity index (χ0v) is 10.9. The van der Waals surface area contributed by atoms with Gasteiger partial charge >= 0.3 is 0 Å². The first kappa shape index (κ1) is 12.2. The van der Waals surface area contributed by atoms with Crippen LogP contribution in [0.2, 0.25) is 10.0 Å². The SMILES string of the molecule is CCCN1Cc2c(Cl)cc(Cl)cc2C1CN. The van der Waals surface area contributed by atoms with Crippen LogP contribution in [0.3, 0.4) is 0 Å². The molecule has 0 aromatic heterocycles. The number of rotatable bonds is 3. The largest absolute Gasteiger partial charge is 0.329 e. The van der Waals surface area contributed by atoms with E-state index in [1.807, 2.05) is 12.1 Å². The first-order chi connectivity index (χ1) is 7.67. The number of hydrogen-bond donors (Lipinski definition) is 1. The summed E-state index contributed by atoms with van der Waals surface area (Å²) in [6, 6.07) is 4.08. The van der Waals surface area contributed by atoms with Crippen LogP contribution >= 0.6 is 23.2 Å². The lowest BCUT2D eigenvalue weighted by Gasteiger charge is -2.22. The molecule has 2 rings (SSSR count). The quantitative estimate of drug-likeness (QED) is 0.903. The molecule has 1 aromatic carbocycles. The van der Waals surface area contributed by atoms with Crippen molar-refractivity contribution in [1.29, 1.82) is 0 Å². The second-order valence-corrected chi connectivity index (χ2v) is 5.02. The molecule has 0 saturated carbocycles. The molecule has 1 aromatic rings. The predicted octanol–water partition coefficient (Wildman–Crippen LogP) is 3.22. The van der Waals surface area contributed by atoms with E-state index < -0.39 is 0 Å². The number of halogens is 2. The number of nitrogens with zero attached hydrogens (tertiary/aromatic N) is 1. The predicted molar refractivity (Wildman–Crippen MR) is 69.0 cm³/mol. The molecule has 1 atom stereocenters. The highest BCUT2D eigenvalue weighted by Gasteiger charge is 2.30. The van der Waals surface area contributed by atoms with Crippen LogP contribution in [-0.2, 0) is 6.54 Å². The van der Waals surface area contributed by atoms with Crippen LogP contribution in [0.4, 0.5) is 0 Å². The summed E-state index contributed by atoms with van der Waals surface area (Å²) in [5.41, 5.74) is 8.23. The van der Waals surface area contributed by atoms with Crippen molar-refractivity contribution >= 4 is 23.2 Å². The minimum Gasteiger partial charge on any atom is -0.329 e. The maximum atomic E-state index is 6.21. The Kier molecular flexibility index (Phi) is 3.75. The van der Waals surface area contributed by atoms with Gasteiger partial charge < -0.3 is 5.73 Å². The maximum Gasteiger partial charge on any atom is 0.0478 e. The van der Waals surface area contributed by atoms with Gasteiger partial charge in [-0.15, -0.1) is 0 Å². The van der Waals surface area contributed by atoms with Crippen molar-refractivity contribution in [3.05, 3.63) is 33.3 Å². The molecule has 1 heterocycles. The number of fused-ring (bicyclic) bond motifs is 1. The topological polar surface area (TPSA) is 29.3 Å². The average Bonchev–Trinajstić information content (AvgIpc) is 2.56. The van der Waals surface area contributed by atoms with E-state index in [0.29, 0.717) is 11.6 Å². The Morgan fingerprint density at radius 1 is 1.44 bits per heavy atom. The van der Waals surface area contributed by atoms with Crippen LogP contribution in [0.5, 0.6) is 0 Å². The summed E-state index contributed by atoms with van der Waals surface area (Å²) in [5, 5.41) is 1.46. The Hall–Kier alpha value is -0.280. The zero-order chi connectivity index (χ0) is 11.7. The highest BCUT2D eigenvalue weighted by Crippen LogP contribution is 2.38. The van der Waals surface area contributed by atoms with E-state index in [-0.39, 0.29) is 6.04 Å². The fraction of sp³-hybridized carbons (Fsp3) is 0.500. The van der Waals surface area contributed by atoms with Crippen LogP contribution < -0.4 is 5.73 Å². The van der Waals surface area contributed by atoms with Crippen LogP contribution in [0.15, 0.2) is 12.1 Å². The normalized spacial score (nSPS) is 20.1. The molecule has 2 N–H and O–H groups in total. The van der Waals surface area contributed by atoms with E-state index in [4.69, 9.17) is 28.9 Å². The number of nitrogens with two attached hydrogens (primary N) is 1.